The van der Waals surface area contributed by atoms with Gasteiger partial charge in [0.15, 0.2) is 0 Å². The van der Waals surface area contributed by atoms with Gasteiger partial charge in [-0.1, -0.05) is 36.4 Å². The molecule has 3 nitrogen and oxygen atoms in total. The first-order valence-corrected chi connectivity index (χ1v) is 8.69. The van der Waals surface area contributed by atoms with Gasteiger partial charge in [-0.2, -0.15) is 4.83 Å². The minimum absolute atomic E-state index is 0.0591. The summed E-state index contributed by atoms with van der Waals surface area (Å²) in [6, 6.07) is 18.6. The number of hydrogen-bond acceptors (Lipinski definition) is 3. The van der Waals surface area contributed by atoms with Gasteiger partial charge in [0.05, 0.1) is 5.56 Å². The van der Waals surface area contributed by atoms with Crippen molar-refractivity contribution in [1.29, 1.82) is 0 Å². The number of halogens is 2. The molecule has 26 heavy (non-hydrogen) atoms. The molecule has 0 aliphatic heterocycles. The minimum atomic E-state index is -0.604. The van der Waals surface area contributed by atoms with Crippen molar-refractivity contribution in [3.63, 3.8) is 0 Å². The standard InChI is InChI=1S/C20H16F2N2OS/c1-13-10-15(14-6-3-2-4-7-14)11-18(19(13)22)20(25)23-24-26-17-9-5-8-16(21)12-17/h2-12,24H,1H3,(H,23,25). The number of carbonyl (C=O) groups excluding carboxylic acids is 1. The monoisotopic (exact) mass is 370 g/mol. The molecule has 0 fully saturated rings. The van der Waals surface area contributed by atoms with Crippen LogP contribution in [0.25, 0.3) is 11.1 Å². The van der Waals surface area contributed by atoms with Crippen LogP contribution in [0.3, 0.4) is 0 Å². The zero-order valence-electron chi connectivity index (χ0n) is 13.9. The SMILES string of the molecule is Cc1cc(-c2ccccc2)cc(C(=O)NNSc2cccc(F)c2)c1F. The summed E-state index contributed by atoms with van der Waals surface area (Å²) in [6.45, 7) is 1.62. The number of hydrogen-bond donors (Lipinski definition) is 2. The van der Waals surface area contributed by atoms with Gasteiger partial charge in [0, 0.05) is 4.90 Å². The second-order valence-electron chi connectivity index (χ2n) is 5.64. The Morgan fingerprint density at radius 2 is 1.69 bits per heavy atom. The van der Waals surface area contributed by atoms with E-state index in [1.807, 2.05) is 30.3 Å². The van der Waals surface area contributed by atoms with Crippen molar-refractivity contribution >= 4 is 17.9 Å². The summed E-state index contributed by atoms with van der Waals surface area (Å²) in [6.07, 6.45) is 0. The summed E-state index contributed by atoms with van der Waals surface area (Å²) in [4.78, 5) is 15.6. The van der Waals surface area contributed by atoms with Gasteiger partial charge in [0.2, 0.25) is 0 Å². The molecule has 1 amide bonds. The van der Waals surface area contributed by atoms with Crippen LogP contribution in [0.15, 0.2) is 71.6 Å². The van der Waals surface area contributed by atoms with Crippen LogP contribution < -0.4 is 10.3 Å². The third kappa shape index (κ3) is 4.28. The summed E-state index contributed by atoms with van der Waals surface area (Å²) in [7, 11) is 0. The molecule has 3 rings (SSSR count). The molecule has 2 N–H and O–H groups in total. The van der Waals surface area contributed by atoms with E-state index < -0.39 is 11.7 Å². The fourth-order valence-electron chi connectivity index (χ4n) is 2.46. The van der Waals surface area contributed by atoms with Crippen molar-refractivity contribution in [2.24, 2.45) is 0 Å². The Labute approximate surface area is 154 Å². The van der Waals surface area contributed by atoms with Gasteiger partial charge in [-0.25, -0.2) is 8.78 Å². The molecule has 0 heterocycles. The summed E-state index contributed by atoms with van der Waals surface area (Å²) < 4.78 is 27.5. The highest BCUT2D eigenvalue weighted by Gasteiger charge is 2.16. The minimum Gasteiger partial charge on any atom is -0.277 e. The van der Waals surface area contributed by atoms with Crippen LogP contribution in [0.2, 0.25) is 0 Å². The molecule has 132 valence electrons. The summed E-state index contributed by atoms with van der Waals surface area (Å²) in [5, 5.41) is 0. The Morgan fingerprint density at radius 3 is 2.42 bits per heavy atom. The number of nitrogens with one attached hydrogen (secondary N) is 2. The van der Waals surface area contributed by atoms with Gasteiger partial charge in [-0.05, 0) is 65.9 Å². The Balaban J connectivity index is 1.75. The zero-order valence-corrected chi connectivity index (χ0v) is 14.7. The average Bonchev–Trinajstić information content (AvgIpc) is 2.64. The zero-order chi connectivity index (χ0) is 18.5. The first-order valence-electron chi connectivity index (χ1n) is 7.88. The molecule has 0 spiro atoms. The average molecular weight is 370 g/mol. The maximum atomic E-state index is 14.4. The van der Waals surface area contributed by atoms with E-state index in [1.165, 1.54) is 18.2 Å². The van der Waals surface area contributed by atoms with Gasteiger partial charge in [-0.15, -0.1) is 0 Å². The lowest BCUT2D eigenvalue weighted by atomic mass is 9.99. The molecule has 6 heteroatoms. The Hall–Kier alpha value is -2.70. The molecule has 3 aromatic carbocycles. The lowest BCUT2D eigenvalue weighted by Gasteiger charge is -2.11. The number of carbonyl (C=O) groups is 1. The molecular formula is C20H16F2N2OS. The highest BCUT2D eigenvalue weighted by Crippen LogP contribution is 2.25. The molecule has 0 aliphatic rings. The molecule has 0 unspecified atom stereocenters. The van der Waals surface area contributed by atoms with E-state index >= 15 is 0 Å². The molecule has 3 aromatic rings. The van der Waals surface area contributed by atoms with Gasteiger partial charge >= 0.3 is 0 Å². The van der Waals surface area contributed by atoms with E-state index in [2.05, 4.69) is 10.3 Å². The third-order valence-corrected chi connectivity index (χ3v) is 4.43. The smallest absolute Gasteiger partial charge is 0.269 e. The van der Waals surface area contributed by atoms with Crippen LogP contribution in [0.1, 0.15) is 15.9 Å². The quantitative estimate of drug-likeness (QED) is 0.497. The Kier molecular flexibility index (Phi) is 5.65. The normalized spacial score (nSPS) is 10.6. The van der Waals surface area contributed by atoms with Crippen LogP contribution in [0.4, 0.5) is 8.78 Å². The largest absolute Gasteiger partial charge is 0.277 e. The van der Waals surface area contributed by atoms with E-state index in [0.717, 1.165) is 23.1 Å². The highest BCUT2D eigenvalue weighted by molar-refractivity contribution is 7.97. The van der Waals surface area contributed by atoms with Crippen molar-refractivity contribution in [3.05, 3.63) is 89.5 Å². The third-order valence-electron chi connectivity index (χ3n) is 3.74. The molecule has 0 saturated heterocycles. The van der Waals surface area contributed by atoms with E-state index in [4.69, 9.17) is 0 Å². The van der Waals surface area contributed by atoms with Crippen LogP contribution in [-0.2, 0) is 0 Å². The number of aryl methyl sites for hydroxylation is 1. The van der Waals surface area contributed by atoms with Crippen molar-refractivity contribution in [2.45, 2.75) is 11.8 Å². The Bertz CT molecular complexity index is 932. The van der Waals surface area contributed by atoms with Crippen molar-refractivity contribution in [1.82, 2.24) is 10.3 Å². The first kappa shape index (κ1) is 18.1. The van der Waals surface area contributed by atoms with Gasteiger partial charge in [0.25, 0.3) is 5.91 Å². The predicted molar refractivity (Wildman–Crippen MR) is 99.4 cm³/mol. The van der Waals surface area contributed by atoms with E-state index in [9.17, 15) is 13.6 Å². The van der Waals surface area contributed by atoms with Crippen molar-refractivity contribution in [2.75, 3.05) is 0 Å². The molecule has 0 bridgehead atoms. The fourth-order valence-corrected chi connectivity index (χ4v) is 3.04. The van der Waals surface area contributed by atoms with E-state index in [1.54, 1.807) is 25.1 Å². The molecular weight excluding hydrogens is 354 g/mol. The van der Waals surface area contributed by atoms with Crippen molar-refractivity contribution in [3.8, 4) is 11.1 Å². The molecule has 0 aliphatic carbocycles. The van der Waals surface area contributed by atoms with Gasteiger partial charge in [-0.3, -0.25) is 10.2 Å². The lowest BCUT2D eigenvalue weighted by molar-refractivity contribution is 0.0943. The first-order chi connectivity index (χ1) is 12.5. The highest BCUT2D eigenvalue weighted by atomic mass is 32.2. The van der Waals surface area contributed by atoms with Gasteiger partial charge < -0.3 is 0 Å². The number of benzene rings is 3. The van der Waals surface area contributed by atoms with Crippen LogP contribution in [0.5, 0.6) is 0 Å². The second-order valence-corrected chi connectivity index (χ2v) is 6.52. The predicted octanol–water partition coefficient (Wildman–Crippen LogP) is 4.88. The van der Waals surface area contributed by atoms with Crippen molar-refractivity contribution < 1.29 is 13.6 Å². The number of rotatable bonds is 5. The summed E-state index contributed by atoms with van der Waals surface area (Å²) >= 11 is 1.02. The summed E-state index contributed by atoms with van der Waals surface area (Å²) in [5.41, 5.74) is 4.40. The fraction of sp³-hybridized carbons (Fsp3) is 0.0500. The topological polar surface area (TPSA) is 41.1 Å². The summed E-state index contributed by atoms with van der Waals surface area (Å²) in [5.74, 6) is -1.55. The molecule has 0 saturated carbocycles. The van der Waals surface area contributed by atoms with E-state index in [0.29, 0.717) is 10.5 Å². The van der Waals surface area contributed by atoms with Crippen LogP contribution in [0, 0.1) is 18.6 Å². The van der Waals surface area contributed by atoms with E-state index in [-0.39, 0.29) is 11.4 Å². The second kappa shape index (κ2) is 8.12. The molecule has 0 aromatic heterocycles. The Morgan fingerprint density at radius 1 is 0.923 bits per heavy atom. The molecule has 0 atom stereocenters. The van der Waals surface area contributed by atoms with Crippen LogP contribution >= 0.6 is 11.9 Å². The van der Waals surface area contributed by atoms with Crippen LogP contribution in [-0.4, -0.2) is 5.91 Å². The number of amides is 1. The van der Waals surface area contributed by atoms with Gasteiger partial charge in [0.1, 0.15) is 11.6 Å². The number of hydrazine groups is 1. The molecule has 0 radical (unpaired) electrons. The lowest BCUT2D eigenvalue weighted by Crippen LogP contribution is -2.33. The maximum absolute atomic E-state index is 14.4. The maximum Gasteiger partial charge on any atom is 0.269 e.